The van der Waals surface area contributed by atoms with Gasteiger partial charge in [0, 0.05) is 4.47 Å². The van der Waals surface area contributed by atoms with Crippen molar-refractivity contribution in [3.63, 3.8) is 0 Å². The topological polar surface area (TPSA) is 102 Å². The fourth-order valence-corrected chi connectivity index (χ4v) is 2.55. The largest absolute Gasteiger partial charge is 0.491 e. The highest BCUT2D eigenvalue weighted by Crippen LogP contribution is 2.23. The van der Waals surface area contributed by atoms with Gasteiger partial charge in [0.15, 0.2) is 0 Å². The number of halogens is 1. The number of methoxy groups -OCH3 is 1. The summed E-state index contributed by atoms with van der Waals surface area (Å²) >= 11 is 3.27. The number of carboxylic acid groups (broad SMARTS) is 1. The van der Waals surface area contributed by atoms with Crippen molar-refractivity contribution in [1.82, 2.24) is 5.32 Å². The second-order valence-electron chi connectivity index (χ2n) is 5.09. The highest BCUT2D eigenvalue weighted by Gasteiger charge is 2.16. The van der Waals surface area contributed by atoms with Crippen LogP contribution in [0.4, 0.5) is 0 Å². The molecule has 0 radical (unpaired) electrons. The van der Waals surface area contributed by atoms with Gasteiger partial charge in [-0.3, -0.25) is 4.79 Å². The van der Waals surface area contributed by atoms with Crippen LogP contribution in [0, 0.1) is 0 Å². The number of rotatable bonds is 7. The van der Waals surface area contributed by atoms with Gasteiger partial charge in [0.2, 0.25) is 0 Å². The Morgan fingerprint density at radius 1 is 1.08 bits per heavy atom. The molecule has 0 fully saturated rings. The molecular formula is C18H16BrNO6. The normalized spacial score (nSPS) is 10.1. The summed E-state index contributed by atoms with van der Waals surface area (Å²) in [6, 6.07) is 10.8. The minimum atomic E-state index is -1.18. The molecule has 0 saturated carbocycles. The SMILES string of the molecule is COC(=O)c1cc(Br)ccc1OCCNC(=O)c1ccccc1C(=O)O. The lowest BCUT2D eigenvalue weighted by Gasteiger charge is -2.12. The number of benzene rings is 2. The van der Waals surface area contributed by atoms with E-state index >= 15 is 0 Å². The van der Waals surface area contributed by atoms with E-state index in [1.165, 1.54) is 19.2 Å². The number of amides is 1. The third-order valence-corrected chi connectivity index (χ3v) is 3.89. The van der Waals surface area contributed by atoms with Crippen molar-refractivity contribution >= 4 is 33.8 Å². The first-order chi connectivity index (χ1) is 12.4. The fourth-order valence-electron chi connectivity index (χ4n) is 2.19. The standard InChI is InChI=1S/C18H16BrNO6/c1-25-18(24)14-10-11(19)6-7-15(14)26-9-8-20-16(21)12-4-2-3-5-13(12)17(22)23/h2-7,10H,8-9H2,1H3,(H,20,21)(H,22,23). The monoisotopic (exact) mass is 421 g/mol. The van der Waals surface area contributed by atoms with Gasteiger partial charge in [-0.15, -0.1) is 0 Å². The molecule has 2 aromatic rings. The highest BCUT2D eigenvalue weighted by molar-refractivity contribution is 9.10. The number of hydrogen-bond donors (Lipinski definition) is 2. The summed E-state index contributed by atoms with van der Waals surface area (Å²) in [4.78, 5) is 35.0. The van der Waals surface area contributed by atoms with Crippen LogP contribution in [0.5, 0.6) is 5.75 Å². The van der Waals surface area contributed by atoms with Crippen molar-refractivity contribution in [1.29, 1.82) is 0 Å². The van der Waals surface area contributed by atoms with Crippen LogP contribution in [0.15, 0.2) is 46.9 Å². The minimum Gasteiger partial charge on any atom is -0.491 e. The Hall–Kier alpha value is -2.87. The van der Waals surface area contributed by atoms with E-state index in [2.05, 4.69) is 21.2 Å². The van der Waals surface area contributed by atoms with E-state index in [0.717, 1.165) is 0 Å². The maximum absolute atomic E-state index is 12.1. The van der Waals surface area contributed by atoms with Gasteiger partial charge in [0.05, 0.1) is 24.8 Å². The number of aromatic carboxylic acids is 1. The summed E-state index contributed by atoms with van der Waals surface area (Å²) in [5.74, 6) is -1.92. The molecule has 2 rings (SSSR count). The molecule has 0 unspecified atom stereocenters. The van der Waals surface area contributed by atoms with Crippen LogP contribution in [0.1, 0.15) is 31.1 Å². The lowest BCUT2D eigenvalue weighted by molar-refractivity contribution is 0.0594. The molecule has 0 aliphatic carbocycles. The maximum atomic E-state index is 12.1. The Morgan fingerprint density at radius 3 is 2.42 bits per heavy atom. The average Bonchev–Trinajstić information content (AvgIpc) is 2.65. The molecule has 8 heteroatoms. The van der Waals surface area contributed by atoms with Crippen molar-refractivity contribution < 1.29 is 29.0 Å². The first-order valence-electron chi connectivity index (χ1n) is 7.55. The zero-order valence-electron chi connectivity index (χ0n) is 13.8. The molecule has 136 valence electrons. The molecule has 0 atom stereocenters. The summed E-state index contributed by atoms with van der Waals surface area (Å²) < 4.78 is 10.9. The van der Waals surface area contributed by atoms with Gasteiger partial charge >= 0.3 is 11.9 Å². The molecule has 0 aliphatic rings. The molecule has 1 amide bonds. The summed E-state index contributed by atoms with van der Waals surface area (Å²) in [6.07, 6.45) is 0. The van der Waals surface area contributed by atoms with Crippen LogP contribution in [-0.4, -0.2) is 43.2 Å². The lowest BCUT2D eigenvalue weighted by Crippen LogP contribution is -2.29. The van der Waals surface area contributed by atoms with Gasteiger partial charge in [-0.25, -0.2) is 9.59 Å². The number of carbonyl (C=O) groups is 3. The van der Waals surface area contributed by atoms with Crippen molar-refractivity contribution in [2.24, 2.45) is 0 Å². The van der Waals surface area contributed by atoms with Crippen LogP contribution >= 0.6 is 15.9 Å². The molecule has 7 nitrogen and oxygen atoms in total. The minimum absolute atomic E-state index is 0.0684. The lowest BCUT2D eigenvalue weighted by atomic mass is 10.1. The van der Waals surface area contributed by atoms with Crippen LogP contribution in [0.2, 0.25) is 0 Å². The smallest absolute Gasteiger partial charge is 0.341 e. The van der Waals surface area contributed by atoms with E-state index in [0.29, 0.717) is 10.2 Å². The highest BCUT2D eigenvalue weighted by atomic mass is 79.9. The van der Waals surface area contributed by atoms with Gasteiger partial charge < -0.3 is 19.9 Å². The van der Waals surface area contributed by atoms with Crippen LogP contribution < -0.4 is 10.1 Å². The van der Waals surface area contributed by atoms with E-state index in [1.54, 1.807) is 30.3 Å². The summed E-state index contributed by atoms with van der Waals surface area (Å²) in [6.45, 7) is 0.218. The van der Waals surface area contributed by atoms with E-state index in [4.69, 9.17) is 14.6 Å². The van der Waals surface area contributed by atoms with Gasteiger partial charge in [0.1, 0.15) is 17.9 Å². The van der Waals surface area contributed by atoms with Crippen molar-refractivity contribution in [2.45, 2.75) is 0 Å². The van der Waals surface area contributed by atoms with E-state index in [9.17, 15) is 14.4 Å². The number of esters is 1. The second kappa shape index (κ2) is 9.00. The zero-order chi connectivity index (χ0) is 19.1. The fraction of sp³-hybridized carbons (Fsp3) is 0.167. The molecule has 26 heavy (non-hydrogen) atoms. The Morgan fingerprint density at radius 2 is 1.77 bits per heavy atom. The molecule has 2 N–H and O–H groups in total. The van der Waals surface area contributed by atoms with Crippen molar-refractivity contribution in [3.05, 3.63) is 63.6 Å². The number of ether oxygens (including phenoxy) is 2. The van der Waals surface area contributed by atoms with E-state index in [1.807, 2.05) is 0 Å². The maximum Gasteiger partial charge on any atom is 0.341 e. The second-order valence-corrected chi connectivity index (χ2v) is 6.00. The summed E-state index contributed by atoms with van der Waals surface area (Å²) in [5, 5.41) is 11.7. The third kappa shape index (κ3) is 4.82. The van der Waals surface area contributed by atoms with E-state index in [-0.39, 0.29) is 29.8 Å². The van der Waals surface area contributed by atoms with Crippen molar-refractivity contribution in [3.8, 4) is 5.75 Å². The molecule has 0 saturated heterocycles. The molecule has 0 bridgehead atoms. The first kappa shape index (κ1) is 19.5. The summed E-state index contributed by atoms with van der Waals surface area (Å²) in [5.41, 5.74) is 0.245. The Kier molecular flexibility index (Phi) is 6.74. The molecular weight excluding hydrogens is 406 g/mol. The Balaban J connectivity index is 1.97. The Labute approximate surface area is 158 Å². The number of carbonyl (C=O) groups excluding carboxylic acids is 2. The zero-order valence-corrected chi connectivity index (χ0v) is 15.4. The van der Waals surface area contributed by atoms with Crippen LogP contribution in [-0.2, 0) is 4.74 Å². The average molecular weight is 422 g/mol. The predicted octanol–water partition coefficient (Wildman–Crippen LogP) is 2.74. The molecule has 0 spiro atoms. The molecule has 2 aromatic carbocycles. The van der Waals surface area contributed by atoms with Gasteiger partial charge in [0.25, 0.3) is 5.91 Å². The third-order valence-electron chi connectivity index (χ3n) is 3.39. The van der Waals surface area contributed by atoms with Crippen LogP contribution in [0.3, 0.4) is 0 Å². The molecule has 0 heterocycles. The van der Waals surface area contributed by atoms with Crippen molar-refractivity contribution in [2.75, 3.05) is 20.3 Å². The molecule has 0 aromatic heterocycles. The Bertz CT molecular complexity index is 836. The van der Waals surface area contributed by atoms with E-state index < -0.39 is 17.8 Å². The van der Waals surface area contributed by atoms with Crippen LogP contribution in [0.25, 0.3) is 0 Å². The van der Waals surface area contributed by atoms with Gasteiger partial charge in [-0.05, 0) is 30.3 Å². The number of nitrogens with one attached hydrogen (secondary N) is 1. The summed E-state index contributed by atoms with van der Waals surface area (Å²) in [7, 11) is 1.27. The quantitative estimate of drug-likeness (QED) is 0.526. The van der Waals surface area contributed by atoms with Gasteiger partial charge in [-0.1, -0.05) is 28.1 Å². The number of hydrogen-bond acceptors (Lipinski definition) is 5. The first-order valence-corrected chi connectivity index (χ1v) is 8.34. The van der Waals surface area contributed by atoms with Gasteiger partial charge in [-0.2, -0.15) is 0 Å². The number of carboxylic acids is 1. The predicted molar refractivity (Wildman–Crippen MR) is 96.7 cm³/mol. The molecule has 0 aliphatic heterocycles.